The van der Waals surface area contributed by atoms with Gasteiger partial charge in [0, 0.05) is 11.8 Å². The molecule has 0 spiro atoms. The van der Waals surface area contributed by atoms with E-state index in [4.69, 9.17) is 0 Å². The maximum atomic E-state index is 11.2. The molecule has 1 aromatic carbocycles. The number of hydrogen-bond acceptors (Lipinski definition) is 3. The van der Waals surface area contributed by atoms with E-state index in [1.54, 1.807) is 0 Å². The van der Waals surface area contributed by atoms with Crippen LogP contribution in [0.1, 0.15) is 25.8 Å². The minimum Gasteiger partial charge on any atom is -0.342 e. The van der Waals surface area contributed by atoms with Gasteiger partial charge in [-0.15, -0.1) is 0 Å². The van der Waals surface area contributed by atoms with Crippen molar-refractivity contribution in [2.75, 3.05) is 5.32 Å². The Bertz CT molecular complexity index is 640. The van der Waals surface area contributed by atoms with Gasteiger partial charge in [0.2, 0.25) is 0 Å². The molecule has 0 amide bonds. The Morgan fingerprint density at radius 1 is 1.10 bits per heavy atom. The lowest BCUT2D eigenvalue weighted by atomic mass is 10.0. The summed E-state index contributed by atoms with van der Waals surface area (Å²) in [6, 6.07) is 9.30. The second-order valence-corrected chi connectivity index (χ2v) is 5.26. The summed E-state index contributed by atoms with van der Waals surface area (Å²) in [5.74, 6) is 1.07. The number of rotatable bonds is 5. The molecular formula is C15H19N3O2. The lowest BCUT2D eigenvalue weighted by Gasteiger charge is -2.08. The number of benzene rings is 1. The zero-order valence-electron chi connectivity index (χ0n) is 11.7. The summed E-state index contributed by atoms with van der Waals surface area (Å²) < 4.78 is 0. The van der Waals surface area contributed by atoms with Gasteiger partial charge in [-0.1, -0.05) is 26.0 Å². The van der Waals surface area contributed by atoms with Gasteiger partial charge >= 0.3 is 5.69 Å². The van der Waals surface area contributed by atoms with Crippen LogP contribution in [0.3, 0.4) is 0 Å². The number of hydrogen-bond donors (Lipinski definition) is 3. The minimum absolute atomic E-state index is 0.383. The van der Waals surface area contributed by atoms with Gasteiger partial charge in [-0.2, -0.15) is 0 Å². The molecule has 0 aliphatic heterocycles. The van der Waals surface area contributed by atoms with E-state index in [-0.39, 0.29) is 0 Å². The molecule has 0 fully saturated rings. The molecule has 5 nitrogen and oxygen atoms in total. The van der Waals surface area contributed by atoms with Crippen LogP contribution in [-0.2, 0) is 6.42 Å². The molecule has 106 valence electrons. The third-order valence-corrected chi connectivity index (χ3v) is 3.00. The van der Waals surface area contributed by atoms with Crippen molar-refractivity contribution in [3.63, 3.8) is 0 Å². The lowest BCUT2D eigenvalue weighted by Crippen LogP contribution is -2.22. The van der Waals surface area contributed by atoms with Gasteiger partial charge < -0.3 is 5.32 Å². The maximum Gasteiger partial charge on any atom is 0.327 e. The molecule has 0 bridgehead atoms. The van der Waals surface area contributed by atoms with Gasteiger partial charge in [0.1, 0.15) is 5.82 Å². The molecule has 0 radical (unpaired) electrons. The molecule has 0 aliphatic carbocycles. The first kappa shape index (κ1) is 14.1. The molecule has 0 saturated carbocycles. The Labute approximate surface area is 117 Å². The Morgan fingerprint density at radius 3 is 2.40 bits per heavy atom. The molecule has 1 heterocycles. The van der Waals surface area contributed by atoms with E-state index < -0.39 is 11.2 Å². The topological polar surface area (TPSA) is 77.8 Å². The summed E-state index contributed by atoms with van der Waals surface area (Å²) in [6.45, 7) is 4.42. The average molecular weight is 273 g/mol. The van der Waals surface area contributed by atoms with Crippen molar-refractivity contribution >= 4 is 11.5 Å². The fourth-order valence-electron chi connectivity index (χ4n) is 1.90. The molecule has 0 atom stereocenters. The summed E-state index contributed by atoms with van der Waals surface area (Å²) in [6.07, 6.45) is 2.22. The van der Waals surface area contributed by atoms with Crippen molar-refractivity contribution in [1.29, 1.82) is 0 Å². The molecule has 2 aromatic rings. The van der Waals surface area contributed by atoms with Crippen LogP contribution in [0, 0.1) is 5.92 Å². The molecule has 0 aliphatic rings. The van der Waals surface area contributed by atoms with E-state index in [0.717, 1.165) is 18.5 Å². The smallest absolute Gasteiger partial charge is 0.327 e. The highest BCUT2D eigenvalue weighted by molar-refractivity contribution is 5.55. The van der Waals surface area contributed by atoms with Gasteiger partial charge in [0.15, 0.2) is 0 Å². The van der Waals surface area contributed by atoms with Gasteiger partial charge in [0.05, 0.1) is 0 Å². The lowest BCUT2D eigenvalue weighted by molar-refractivity contribution is 0.587. The van der Waals surface area contributed by atoms with Crippen molar-refractivity contribution in [2.24, 2.45) is 5.92 Å². The largest absolute Gasteiger partial charge is 0.342 e. The molecule has 3 N–H and O–H groups in total. The molecule has 5 heteroatoms. The minimum atomic E-state index is -0.520. The van der Waals surface area contributed by atoms with Crippen molar-refractivity contribution in [2.45, 2.75) is 26.7 Å². The van der Waals surface area contributed by atoms with Crippen molar-refractivity contribution in [3.8, 4) is 0 Å². The quantitative estimate of drug-likeness (QED) is 0.782. The first-order chi connectivity index (χ1) is 9.52. The van der Waals surface area contributed by atoms with Gasteiger partial charge in [-0.25, -0.2) is 4.79 Å². The molecule has 0 unspecified atom stereocenters. The van der Waals surface area contributed by atoms with Crippen LogP contribution in [0.4, 0.5) is 11.5 Å². The summed E-state index contributed by atoms with van der Waals surface area (Å²) in [5, 5.41) is 3.00. The SMILES string of the molecule is CC(C)CCc1ccc(Nc2cc(=O)[nH]c(=O)[nH]2)cc1. The Kier molecular flexibility index (Phi) is 4.40. The normalized spacial score (nSPS) is 10.8. The van der Waals surface area contributed by atoms with Gasteiger partial charge in [0.25, 0.3) is 5.56 Å². The van der Waals surface area contributed by atoms with Crippen LogP contribution < -0.4 is 16.6 Å². The second-order valence-electron chi connectivity index (χ2n) is 5.26. The number of aryl methyl sites for hydroxylation is 1. The third kappa shape index (κ3) is 4.12. The standard InChI is InChI=1S/C15H19N3O2/c1-10(2)3-4-11-5-7-12(8-6-11)16-13-9-14(19)18-15(20)17-13/h5-10H,3-4H2,1-2H3,(H3,16,17,18,19,20). The van der Waals surface area contributed by atoms with Crippen LogP contribution in [-0.4, -0.2) is 9.97 Å². The van der Waals surface area contributed by atoms with Gasteiger partial charge in [-0.05, 0) is 36.5 Å². The summed E-state index contributed by atoms with van der Waals surface area (Å²) >= 11 is 0. The van der Waals surface area contributed by atoms with Crippen LogP contribution >= 0.6 is 0 Å². The Balaban J connectivity index is 2.06. The number of aromatic amines is 2. The van der Waals surface area contributed by atoms with E-state index in [9.17, 15) is 9.59 Å². The number of H-pyrrole nitrogens is 2. The fraction of sp³-hybridized carbons (Fsp3) is 0.333. The van der Waals surface area contributed by atoms with Crippen LogP contribution in [0.25, 0.3) is 0 Å². The zero-order chi connectivity index (χ0) is 14.5. The zero-order valence-corrected chi connectivity index (χ0v) is 11.7. The van der Waals surface area contributed by atoms with Crippen molar-refractivity contribution in [3.05, 3.63) is 56.7 Å². The number of aromatic nitrogens is 2. The summed E-state index contributed by atoms with van der Waals surface area (Å²) in [7, 11) is 0. The van der Waals surface area contributed by atoms with E-state index in [0.29, 0.717) is 11.7 Å². The molecule has 1 aromatic heterocycles. The Morgan fingerprint density at radius 2 is 1.80 bits per heavy atom. The third-order valence-electron chi connectivity index (χ3n) is 3.00. The second kappa shape index (κ2) is 6.23. The summed E-state index contributed by atoms with van der Waals surface area (Å²) in [4.78, 5) is 27.0. The molecule has 20 heavy (non-hydrogen) atoms. The highest BCUT2D eigenvalue weighted by Crippen LogP contribution is 2.15. The van der Waals surface area contributed by atoms with E-state index in [1.807, 2.05) is 12.1 Å². The predicted octanol–water partition coefficient (Wildman–Crippen LogP) is 2.40. The monoisotopic (exact) mass is 273 g/mol. The molecule has 2 rings (SSSR count). The highest BCUT2D eigenvalue weighted by Gasteiger charge is 2.00. The van der Waals surface area contributed by atoms with E-state index >= 15 is 0 Å². The van der Waals surface area contributed by atoms with Crippen molar-refractivity contribution < 1.29 is 0 Å². The molecule has 0 saturated heterocycles. The first-order valence-corrected chi connectivity index (χ1v) is 6.72. The van der Waals surface area contributed by atoms with E-state index in [2.05, 4.69) is 41.3 Å². The first-order valence-electron chi connectivity index (χ1n) is 6.72. The van der Waals surface area contributed by atoms with E-state index in [1.165, 1.54) is 11.6 Å². The number of anilines is 2. The van der Waals surface area contributed by atoms with Crippen LogP contribution in [0.15, 0.2) is 39.9 Å². The summed E-state index contributed by atoms with van der Waals surface area (Å²) in [5.41, 5.74) is 1.17. The number of nitrogens with one attached hydrogen (secondary N) is 3. The maximum absolute atomic E-state index is 11.2. The van der Waals surface area contributed by atoms with Crippen molar-refractivity contribution in [1.82, 2.24) is 9.97 Å². The van der Waals surface area contributed by atoms with Crippen LogP contribution in [0.5, 0.6) is 0 Å². The van der Waals surface area contributed by atoms with Crippen LogP contribution in [0.2, 0.25) is 0 Å². The highest BCUT2D eigenvalue weighted by atomic mass is 16.2. The fourth-order valence-corrected chi connectivity index (χ4v) is 1.90. The predicted molar refractivity (Wildman–Crippen MR) is 80.6 cm³/mol. The van der Waals surface area contributed by atoms with Gasteiger partial charge in [-0.3, -0.25) is 14.8 Å². The Hall–Kier alpha value is -2.30. The molecular weight excluding hydrogens is 254 g/mol. The average Bonchev–Trinajstić information content (AvgIpc) is 2.36.